The molecule has 1 atom stereocenters. The van der Waals surface area contributed by atoms with Gasteiger partial charge < -0.3 is 19.9 Å². The summed E-state index contributed by atoms with van der Waals surface area (Å²) in [6.07, 6.45) is 10.9. The number of fused-ring (bicyclic) bond motifs is 2. The third kappa shape index (κ3) is 9.00. The second kappa shape index (κ2) is 16.4. The molecule has 1 heterocycles. The summed E-state index contributed by atoms with van der Waals surface area (Å²) >= 11 is 1.29. The third-order valence-corrected chi connectivity index (χ3v) is 8.13. The van der Waals surface area contributed by atoms with Crippen LogP contribution in [0.5, 0.6) is 5.75 Å². The van der Waals surface area contributed by atoms with E-state index in [0.717, 1.165) is 48.3 Å². The molecule has 0 fully saturated rings. The number of aromatic nitrogens is 1. The second-order valence-electron chi connectivity index (χ2n) is 9.79. The fraction of sp³-hybridized carbons (Fsp3) is 0.552. The number of aromatic amines is 1. The molecule has 1 aliphatic carbocycles. The highest BCUT2D eigenvalue weighted by Crippen LogP contribution is 2.31. The van der Waals surface area contributed by atoms with E-state index in [1.54, 1.807) is 7.11 Å². The molecule has 1 aromatic heterocycles. The molecule has 0 amide bonds. The van der Waals surface area contributed by atoms with Crippen molar-refractivity contribution in [3.8, 4) is 5.75 Å². The number of rotatable bonds is 14. The van der Waals surface area contributed by atoms with Gasteiger partial charge in [0.05, 0.1) is 17.3 Å². The van der Waals surface area contributed by atoms with Crippen LogP contribution in [0.4, 0.5) is 0 Å². The molecule has 1 unspecified atom stereocenters. The first kappa shape index (κ1) is 31.6. The zero-order chi connectivity index (χ0) is 24.5. The lowest BCUT2D eigenvalue weighted by atomic mass is 9.86. The van der Waals surface area contributed by atoms with E-state index in [0.29, 0.717) is 6.04 Å². The van der Waals surface area contributed by atoms with Crippen molar-refractivity contribution >= 4 is 46.4 Å². The number of ether oxygens (including phenoxy) is 1. The summed E-state index contributed by atoms with van der Waals surface area (Å²) in [5.41, 5.74) is 5.15. The van der Waals surface area contributed by atoms with E-state index < -0.39 is 0 Å². The van der Waals surface area contributed by atoms with Gasteiger partial charge in [0.1, 0.15) is 5.75 Å². The zero-order valence-corrected chi connectivity index (χ0v) is 24.7. The second-order valence-corrected chi connectivity index (χ2v) is 10.8. The predicted molar refractivity (Wildman–Crippen MR) is 163 cm³/mol. The minimum absolute atomic E-state index is 0. The van der Waals surface area contributed by atoms with E-state index in [4.69, 9.17) is 4.74 Å². The van der Waals surface area contributed by atoms with E-state index >= 15 is 0 Å². The molecule has 4 rings (SSSR count). The van der Waals surface area contributed by atoms with Crippen LogP contribution in [0.15, 0.2) is 41.2 Å². The molecule has 0 saturated heterocycles. The summed E-state index contributed by atoms with van der Waals surface area (Å²) in [7, 11) is 1.79. The number of nitrogens with zero attached hydrogens (tertiary/aromatic N) is 1. The number of H-pyrrole nitrogens is 1. The monoisotopic (exact) mass is 567 g/mol. The van der Waals surface area contributed by atoms with E-state index in [1.165, 1.54) is 79.6 Å². The molecule has 2 N–H and O–H groups in total. The minimum atomic E-state index is 0. The summed E-state index contributed by atoms with van der Waals surface area (Å²) < 4.78 is 6.65. The molecule has 0 bridgehead atoms. The Labute approximate surface area is 238 Å². The van der Waals surface area contributed by atoms with E-state index in [9.17, 15) is 4.79 Å². The standard InChI is InChI=1S/C29H41N3O2S.2ClH/c1-3-18-32(24-12-13-25-23(21-24)9-8-10-27(25)34-2)19-7-5-4-6-16-30-17-15-22-11-14-26-28(20-22)35-29(33)31-26;;/h8-11,14,20,24,30H,3-7,12-13,15-19,21H2,1-2H3,(H,31,33);2*1H. The van der Waals surface area contributed by atoms with Crippen molar-refractivity contribution < 1.29 is 4.74 Å². The maximum Gasteiger partial charge on any atom is 0.305 e. The number of thiazole rings is 1. The molecule has 0 aliphatic heterocycles. The average Bonchev–Trinajstić information content (AvgIpc) is 3.25. The molecule has 0 radical (unpaired) electrons. The Morgan fingerprint density at radius 2 is 1.92 bits per heavy atom. The molecule has 0 spiro atoms. The Balaban J connectivity index is 0.00000241. The van der Waals surface area contributed by atoms with Gasteiger partial charge in [-0.05, 0) is 106 Å². The summed E-state index contributed by atoms with van der Waals surface area (Å²) in [5.74, 6) is 1.07. The van der Waals surface area contributed by atoms with Crippen molar-refractivity contribution in [1.29, 1.82) is 0 Å². The van der Waals surface area contributed by atoms with Gasteiger partial charge in [0.15, 0.2) is 0 Å². The Bertz CT molecular complexity index is 1130. The van der Waals surface area contributed by atoms with E-state index in [2.05, 4.69) is 52.5 Å². The molecule has 5 nitrogen and oxygen atoms in total. The van der Waals surface area contributed by atoms with Gasteiger partial charge in [-0.2, -0.15) is 0 Å². The van der Waals surface area contributed by atoms with Crippen LogP contribution in [-0.2, 0) is 19.3 Å². The van der Waals surface area contributed by atoms with Crippen LogP contribution in [0.1, 0.15) is 62.1 Å². The minimum Gasteiger partial charge on any atom is -0.496 e. The maximum atomic E-state index is 11.5. The van der Waals surface area contributed by atoms with Gasteiger partial charge >= 0.3 is 4.87 Å². The summed E-state index contributed by atoms with van der Waals surface area (Å²) in [4.78, 5) is 17.1. The van der Waals surface area contributed by atoms with Gasteiger partial charge in [0.25, 0.3) is 0 Å². The van der Waals surface area contributed by atoms with E-state index in [-0.39, 0.29) is 29.7 Å². The summed E-state index contributed by atoms with van der Waals surface area (Å²) in [5, 5.41) is 3.59. The molecule has 37 heavy (non-hydrogen) atoms. The van der Waals surface area contributed by atoms with Crippen LogP contribution in [-0.4, -0.2) is 49.2 Å². The number of hydrogen-bond acceptors (Lipinski definition) is 5. The van der Waals surface area contributed by atoms with Crippen molar-refractivity contribution in [2.24, 2.45) is 0 Å². The highest BCUT2D eigenvalue weighted by molar-refractivity contribution is 7.16. The number of nitrogens with one attached hydrogen (secondary N) is 2. The highest BCUT2D eigenvalue weighted by atomic mass is 35.5. The summed E-state index contributed by atoms with van der Waals surface area (Å²) in [6, 6.07) is 13.5. The zero-order valence-electron chi connectivity index (χ0n) is 22.2. The van der Waals surface area contributed by atoms with Crippen molar-refractivity contribution in [1.82, 2.24) is 15.2 Å². The van der Waals surface area contributed by atoms with Gasteiger partial charge in [-0.25, -0.2) is 0 Å². The maximum absolute atomic E-state index is 11.5. The quantitative estimate of drug-likeness (QED) is 0.221. The van der Waals surface area contributed by atoms with Gasteiger partial charge in [-0.15, -0.1) is 24.8 Å². The number of benzene rings is 2. The van der Waals surface area contributed by atoms with Crippen LogP contribution in [0, 0.1) is 0 Å². The van der Waals surface area contributed by atoms with Crippen molar-refractivity contribution in [3.63, 3.8) is 0 Å². The SMILES string of the molecule is CCCN(CCCCCCNCCc1ccc2[nH]c(=O)sc2c1)C1CCc2c(cccc2OC)C1.Cl.Cl. The lowest BCUT2D eigenvalue weighted by molar-refractivity contribution is 0.175. The van der Waals surface area contributed by atoms with Gasteiger partial charge in [0, 0.05) is 6.04 Å². The molecule has 206 valence electrons. The number of hydrogen-bond donors (Lipinski definition) is 2. The first-order chi connectivity index (χ1) is 17.2. The number of halogens is 2. The predicted octanol–water partition coefficient (Wildman–Crippen LogP) is 6.40. The van der Waals surface area contributed by atoms with Crippen LogP contribution < -0.4 is 14.9 Å². The average molecular weight is 569 g/mol. The molecule has 3 aromatic rings. The van der Waals surface area contributed by atoms with Crippen molar-refractivity contribution in [2.45, 2.75) is 70.8 Å². The Kier molecular flexibility index (Phi) is 14.0. The Morgan fingerprint density at radius 3 is 2.73 bits per heavy atom. The molecule has 8 heteroatoms. The van der Waals surface area contributed by atoms with E-state index in [1.807, 2.05) is 6.07 Å². The lowest BCUT2D eigenvalue weighted by Crippen LogP contribution is -2.40. The van der Waals surface area contributed by atoms with Crippen LogP contribution in [0.3, 0.4) is 0 Å². The lowest BCUT2D eigenvalue weighted by Gasteiger charge is -2.35. The first-order valence-electron chi connectivity index (χ1n) is 13.4. The Hall–Kier alpha value is -1.57. The van der Waals surface area contributed by atoms with Gasteiger partial charge in [-0.1, -0.05) is 49.3 Å². The largest absolute Gasteiger partial charge is 0.496 e. The highest BCUT2D eigenvalue weighted by Gasteiger charge is 2.25. The molecule has 0 saturated carbocycles. The smallest absolute Gasteiger partial charge is 0.305 e. The normalized spacial score (nSPS) is 14.7. The van der Waals surface area contributed by atoms with Gasteiger partial charge in [0.2, 0.25) is 0 Å². The first-order valence-corrected chi connectivity index (χ1v) is 14.2. The molecular weight excluding hydrogens is 525 g/mol. The van der Waals surface area contributed by atoms with Crippen LogP contribution >= 0.6 is 36.2 Å². The molecule has 2 aromatic carbocycles. The van der Waals surface area contributed by atoms with Crippen molar-refractivity contribution in [2.75, 3.05) is 33.3 Å². The third-order valence-electron chi connectivity index (χ3n) is 7.29. The van der Waals surface area contributed by atoms with Crippen LogP contribution in [0.2, 0.25) is 0 Å². The number of unbranched alkanes of at least 4 members (excludes halogenated alkanes) is 3. The molecule has 1 aliphatic rings. The molecular formula is C29H43Cl2N3O2S. The topological polar surface area (TPSA) is 57.4 Å². The Morgan fingerprint density at radius 1 is 1.08 bits per heavy atom. The van der Waals surface area contributed by atoms with Crippen LogP contribution in [0.25, 0.3) is 10.2 Å². The van der Waals surface area contributed by atoms with Gasteiger partial charge in [-0.3, -0.25) is 4.79 Å². The fourth-order valence-electron chi connectivity index (χ4n) is 5.44. The summed E-state index contributed by atoms with van der Waals surface area (Å²) in [6.45, 7) is 6.80. The fourth-order valence-corrected chi connectivity index (χ4v) is 6.24. The number of methoxy groups -OCH3 is 1. The van der Waals surface area contributed by atoms with Crippen molar-refractivity contribution in [3.05, 3.63) is 62.8 Å².